The third-order valence-corrected chi connectivity index (χ3v) is 4.11. The fourth-order valence-electron chi connectivity index (χ4n) is 2.73. The van der Waals surface area contributed by atoms with Gasteiger partial charge in [0.05, 0.1) is 13.2 Å². The summed E-state index contributed by atoms with van der Waals surface area (Å²) in [6.45, 7) is 0. The summed E-state index contributed by atoms with van der Waals surface area (Å²) in [6, 6.07) is 6.64. The van der Waals surface area contributed by atoms with Crippen molar-refractivity contribution in [1.29, 1.82) is 0 Å². The third kappa shape index (κ3) is 2.83. The summed E-state index contributed by atoms with van der Waals surface area (Å²) >= 11 is 0. The monoisotopic (exact) mass is 310 g/mol. The van der Waals surface area contributed by atoms with Crippen molar-refractivity contribution in [2.45, 2.75) is 30.7 Å². The second-order valence-corrected chi connectivity index (χ2v) is 5.47. The van der Waals surface area contributed by atoms with Crippen molar-refractivity contribution >= 4 is 11.8 Å². The molecule has 4 N–H and O–H groups in total. The number of Topliss-reactive ketones (excluding diaryl/α,β-unsaturated/α-hetero) is 1. The van der Waals surface area contributed by atoms with E-state index in [0.717, 1.165) is 0 Å². The van der Waals surface area contributed by atoms with Crippen LogP contribution in [0.15, 0.2) is 24.3 Å². The highest BCUT2D eigenvalue weighted by molar-refractivity contribution is 5.92. The highest BCUT2D eigenvalue weighted by atomic mass is 16.5. The number of ether oxygens (including phenoxy) is 1. The Morgan fingerprint density at radius 1 is 1.32 bits per heavy atom. The molecule has 1 aromatic rings. The van der Waals surface area contributed by atoms with Crippen molar-refractivity contribution in [2.24, 2.45) is 5.92 Å². The molecule has 1 fully saturated rings. The van der Waals surface area contributed by atoms with Gasteiger partial charge in [0, 0.05) is 12.3 Å². The summed E-state index contributed by atoms with van der Waals surface area (Å²) in [5.74, 6) is -3.07. The standard InChI is InChI=1S/C15H18O7/c1-22-9-4-2-8(3-5-9)6-10-12(17)13(18)11(16)7-15(10,21)14(19)20/h2-5,10,12-13,17-18,21H,6-7H2,1H3,(H,19,20)/t10-,12-,13-,15-/m1/s1. The summed E-state index contributed by atoms with van der Waals surface area (Å²) in [7, 11) is 1.51. The molecule has 22 heavy (non-hydrogen) atoms. The molecule has 4 atom stereocenters. The number of rotatable bonds is 4. The van der Waals surface area contributed by atoms with Gasteiger partial charge in [-0.05, 0) is 24.1 Å². The summed E-state index contributed by atoms with van der Waals surface area (Å²) < 4.78 is 5.01. The van der Waals surface area contributed by atoms with Gasteiger partial charge in [-0.3, -0.25) is 4.79 Å². The maximum absolute atomic E-state index is 11.6. The zero-order valence-corrected chi connectivity index (χ0v) is 12.0. The molecule has 0 saturated heterocycles. The lowest BCUT2D eigenvalue weighted by Crippen LogP contribution is -2.61. The van der Waals surface area contributed by atoms with Crippen LogP contribution in [0, 0.1) is 5.92 Å². The van der Waals surface area contributed by atoms with Crippen molar-refractivity contribution in [3.63, 3.8) is 0 Å². The van der Waals surface area contributed by atoms with Crippen LogP contribution in [-0.4, -0.2) is 57.1 Å². The fourth-order valence-corrected chi connectivity index (χ4v) is 2.73. The zero-order chi connectivity index (χ0) is 16.5. The van der Waals surface area contributed by atoms with Crippen LogP contribution in [0.25, 0.3) is 0 Å². The van der Waals surface area contributed by atoms with Gasteiger partial charge in [0.1, 0.15) is 11.9 Å². The zero-order valence-electron chi connectivity index (χ0n) is 12.0. The molecular formula is C15H18O7. The third-order valence-electron chi connectivity index (χ3n) is 4.11. The van der Waals surface area contributed by atoms with Gasteiger partial charge >= 0.3 is 5.97 Å². The molecule has 0 unspecified atom stereocenters. The first kappa shape index (κ1) is 16.4. The molecule has 1 aliphatic carbocycles. The minimum Gasteiger partial charge on any atom is -0.497 e. The number of carbonyl (C=O) groups excluding carboxylic acids is 1. The molecule has 0 radical (unpaired) electrons. The fraction of sp³-hybridized carbons (Fsp3) is 0.467. The molecule has 1 aromatic carbocycles. The average Bonchev–Trinajstić information content (AvgIpc) is 2.50. The number of ketones is 1. The molecule has 1 aliphatic rings. The van der Waals surface area contributed by atoms with Crippen LogP contribution in [-0.2, 0) is 16.0 Å². The minimum absolute atomic E-state index is 0.00169. The molecule has 0 aliphatic heterocycles. The summed E-state index contributed by atoms with van der Waals surface area (Å²) in [5, 5.41) is 39.3. The lowest BCUT2D eigenvalue weighted by molar-refractivity contribution is -0.190. The lowest BCUT2D eigenvalue weighted by Gasteiger charge is -2.41. The van der Waals surface area contributed by atoms with Crippen molar-refractivity contribution in [1.82, 2.24) is 0 Å². The Bertz CT molecular complexity index is 568. The second-order valence-electron chi connectivity index (χ2n) is 5.47. The largest absolute Gasteiger partial charge is 0.497 e. The number of aliphatic hydroxyl groups excluding tert-OH is 2. The van der Waals surface area contributed by atoms with Gasteiger partial charge in [0.25, 0.3) is 0 Å². The Labute approximate surface area is 126 Å². The van der Waals surface area contributed by atoms with Crippen LogP contribution >= 0.6 is 0 Å². The summed E-state index contributed by atoms with van der Waals surface area (Å²) in [5.41, 5.74) is -1.76. The molecule has 120 valence electrons. The van der Waals surface area contributed by atoms with Crippen molar-refractivity contribution in [3.8, 4) is 5.75 Å². The van der Waals surface area contributed by atoms with Crippen molar-refractivity contribution in [3.05, 3.63) is 29.8 Å². The second kappa shape index (κ2) is 6.04. The van der Waals surface area contributed by atoms with E-state index in [1.807, 2.05) is 0 Å². The number of carbonyl (C=O) groups is 2. The number of methoxy groups -OCH3 is 1. The van der Waals surface area contributed by atoms with Crippen LogP contribution in [0.5, 0.6) is 5.75 Å². The van der Waals surface area contributed by atoms with E-state index in [1.54, 1.807) is 24.3 Å². The highest BCUT2D eigenvalue weighted by Gasteiger charge is 2.55. The highest BCUT2D eigenvalue weighted by Crippen LogP contribution is 2.35. The molecule has 0 amide bonds. The predicted molar refractivity (Wildman–Crippen MR) is 74.4 cm³/mol. The van der Waals surface area contributed by atoms with Gasteiger partial charge in [0.2, 0.25) is 0 Å². The molecule has 0 aromatic heterocycles. The Kier molecular flexibility index (Phi) is 4.50. The first-order valence-corrected chi connectivity index (χ1v) is 6.77. The quantitative estimate of drug-likeness (QED) is 0.583. The Hall–Kier alpha value is -1.96. The number of aliphatic carboxylic acids is 1. The van der Waals surface area contributed by atoms with Crippen molar-refractivity contribution < 1.29 is 34.8 Å². The number of aliphatic hydroxyl groups is 3. The van der Waals surface area contributed by atoms with Gasteiger partial charge in [-0.15, -0.1) is 0 Å². The molecule has 0 spiro atoms. The smallest absolute Gasteiger partial charge is 0.336 e. The summed E-state index contributed by atoms with van der Waals surface area (Å²) in [6.07, 6.45) is -4.08. The first-order chi connectivity index (χ1) is 10.3. The van der Waals surface area contributed by atoms with Crippen LogP contribution < -0.4 is 4.74 Å². The Balaban J connectivity index is 2.30. The van der Waals surface area contributed by atoms with Crippen LogP contribution in [0.1, 0.15) is 12.0 Å². The molecule has 7 heteroatoms. The van der Waals surface area contributed by atoms with Crippen molar-refractivity contribution in [2.75, 3.05) is 7.11 Å². The molecule has 1 saturated carbocycles. The number of carboxylic acid groups (broad SMARTS) is 1. The number of hydrogen-bond donors (Lipinski definition) is 4. The average molecular weight is 310 g/mol. The van der Waals surface area contributed by atoms with E-state index >= 15 is 0 Å². The normalized spacial score (nSPS) is 31.8. The maximum Gasteiger partial charge on any atom is 0.336 e. The van der Waals surface area contributed by atoms with E-state index in [1.165, 1.54) is 7.11 Å². The van der Waals surface area contributed by atoms with Crippen LogP contribution in [0.3, 0.4) is 0 Å². The van der Waals surface area contributed by atoms with Crippen LogP contribution in [0.2, 0.25) is 0 Å². The molecular weight excluding hydrogens is 292 g/mol. The van der Waals surface area contributed by atoms with E-state index in [4.69, 9.17) is 4.74 Å². The minimum atomic E-state index is -2.41. The maximum atomic E-state index is 11.6. The number of benzene rings is 1. The van der Waals surface area contributed by atoms with Crippen LogP contribution in [0.4, 0.5) is 0 Å². The Morgan fingerprint density at radius 3 is 2.41 bits per heavy atom. The van der Waals surface area contributed by atoms with Gasteiger partial charge in [-0.2, -0.15) is 0 Å². The van der Waals surface area contributed by atoms with Gasteiger partial charge in [0.15, 0.2) is 11.4 Å². The SMILES string of the molecule is COc1ccc(C[C@@H]2[C@@H](O)[C@H](O)C(=O)C[C@]2(O)C(=O)O)cc1. The summed E-state index contributed by atoms with van der Waals surface area (Å²) in [4.78, 5) is 22.9. The lowest BCUT2D eigenvalue weighted by atomic mass is 9.69. The molecule has 0 heterocycles. The molecule has 7 nitrogen and oxygen atoms in total. The van der Waals surface area contributed by atoms with E-state index in [9.17, 15) is 30.0 Å². The number of carboxylic acids is 1. The van der Waals surface area contributed by atoms with Gasteiger partial charge in [-0.1, -0.05) is 12.1 Å². The van der Waals surface area contributed by atoms with E-state index < -0.39 is 41.9 Å². The number of hydrogen-bond acceptors (Lipinski definition) is 6. The van der Waals surface area contributed by atoms with Gasteiger partial charge < -0.3 is 25.2 Å². The van der Waals surface area contributed by atoms with Gasteiger partial charge in [-0.25, -0.2) is 4.79 Å². The van der Waals surface area contributed by atoms with E-state index in [2.05, 4.69) is 0 Å². The first-order valence-electron chi connectivity index (χ1n) is 6.77. The van der Waals surface area contributed by atoms with E-state index in [-0.39, 0.29) is 6.42 Å². The predicted octanol–water partition coefficient (Wildman–Crippen LogP) is -0.636. The topological polar surface area (TPSA) is 124 Å². The Morgan fingerprint density at radius 2 is 1.91 bits per heavy atom. The molecule has 0 bridgehead atoms. The van der Waals surface area contributed by atoms with E-state index in [0.29, 0.717) is 11.3 Å². The molecule has 2 rings (SSSR count).